The number of methoxy groups -OCH3 is 1. The Kier molecular flexibility index (Phi) is 7.79. The summed E-state index contributed by atoms with van der Waals surface area (Å²) in [6, 6.07) is 15.1. The van der Waals surface area contributed by atoms with Gasteiger partial charge in [-0.1, -0.05) is 25.5 Å². The highest BCUT2D eigenvalue weighted by Crippen LogP contribution is 2.17. The maximum absolute atomic E-state index is 12.2. The number of benzene rings is 2. The quantitative estimate of drug-likeness (QED) is 0.249. The molecule has 0 heterocycles. The average molecular weight is 378 g/mol. The van der Waals surface area contributed by atoms with Crippen molar-refractivity contribution in [2.24, 2.45) is 0 Å². The number of carbonyl (C=O) groups excluding carboxylic acids is 2. The van der Waals surface area contributed by atoms with E-state index in [0.717, 1.165) is 12.8 Å². The number of nitriles is 1. The van der Waals surface area contributed by atoms with E-state index in [1.54, 1.807) is 55.6 Å². The molecule has 2 aromatic rings. The number of ether oxygens (including phenoxy) is 2. The summed E-state index contributed by atoms with van der Waals surface area (Å²) in [5.41, 5.74) is 1.09. The first-order chi connectivity index (χ1) is 13.6. The van der Waals surface area contributed by atoms with Gasteiger partial charge in [-0.3, -0.25) is 4.79 Å². The Bertz CT molecular complexity index is 878. The second kappa shape index (κ2) is 10.5. The summed E-state index contributed by atoms with van der Waals surface area (Å²) in [6.07, 6.45) is 3.32. The van der Waals surface area contributed by atoms with Crippen LogP contribution in [-0.4, -0.2) is 25.5 Å². The molecule has 144 valence electrons. The van der Waals surface area contributed by atoms with Crippen LogP contribution in [0.5, 0.6) is 11.5 Å². The lowest BCUT2D eigenvalue weighted by Crippen LogP contribution is -2.25. The van der Waals surface area contributed by atoms with E-state index in [2.05, 4.69) is 5.32 Å². The van der Waals surface area contributed by atoms with Gasteiger partial charge in [0.15, 0.2) is 0 Å². The largest absolute Gasteiger partial charge is 0.497 e. The Labute approximate surface area is 164 Å². The zero-order valence-electron chi connectivity index (χ0n) is 15.9. The van der Waals surface area contributed by atoms with Crippen LogP contribution in [0.3, 0.4) is 0 Å². The fourth-order valence-corrected chi connectivity index (χ4v) is 2.31. The Morgan fingerprint density at radius 1 is 1.07 bits per heavy atom. The van der Waals surface area contributed by atoms with Crippen LogP contribution in [0.2, 0.25) is 0 Å². The Balaban J connectivity index is 2.02. The molecule has 28 heavy (non-hydrogen) atoms. The highest BCUT2D eigenvalue weighted by molar-refractivity contribution is 6.01. The standard InChI is InChI=1S/C22H22N2O4/c1-3-4-13-24-21(25)18(15-23)14-16-5-9-20(10-6-16)28-22(26)17-7-11-19(27-2)12-8-17/h5-12,14H,3-4,13H2,1-2H3,(H,24,25)/b18-14+. The predicted octanol–water partition coefficient (Wildman–Crippen LogP) is 3.74. The molecule has 0 aliphatic rings. The molecule has 0 radical (unpaired) electrons. The van der Waals surface area contributed by atoms with Crippen molar-refractivity contribution in [1.29, 1.82) is 5.26 Å². The van der Waals surface area contributed by atoms with Gasteiger partial charge < -0.3 is 14.8 Å². The molecule has 0 saturated carbocycles. The van der Waals surface area contributed by atoms with Gasteiger partial charge in [0.2, 0.25) is 0 Å². The van der Waals surface area contributed by atoms with Crippen molar-refractivity contribution in [2.75, 3.05) is 13.7 Å². The van der Waals surface area contributed by atoms with Crippen LogP contribution in [0.4, 0.5) is 0 Å². The molecule has 0 unspecified atom stereocenters. The zero-order chi connectivity index (χ0) is 20.4. The maximum atomic E-state index is 12.2. The molecular formula is C22H22N2O4. The fourth-order valence-electron chi connectivity index (χ4n) is 2.31. The Hall–Kier alpha value is -3.59. The lowest BCUT2D eigenvalue weighted by atomic mass is 10.1. The van der Waals surface area contributed by atoms with Crippen molar-refractivity contribution in [3.05, 3.63) is 65.2 Å². The summed E-state index contributed by atoms with van der Waals surface area (Å²) in [6.45, 7) is 2.56. The number of unbranched alkanes of at least 4 members (excludes halogenated alkanes) is 1. The van der Waals surface area contributed by atoms with E-state index in [-0.39, 0.29) is 5.57 Å². The molecule has 0 bridgehead atoms. The molecule has 2 rings (SSSR count). The van der Waals surface area contributed by atoms with E-state index in [1.165, 1.54) is 6.08 Å². The Morgan fingerprint density at radius 2 is 1.71 bits per heavy atom. The van der Waals surface area contributed by atoms with Crippen molar-refractivity contribution >= 4 is 18.0 Å². The smallest absolute Gasteiger partial charge is 0.343 e. The fraction of sp³-hybridized carbons (Fsp3) is 0.227. The number of hydrogen-bond donors (Lipinski definition) is 1. The molecule has 0 aliphatic heterocycles. The second-order valence-electron chi connectivity index (χ2n) is 5.97. The second-order valence-corrected chi connectivity index (χ2v) is 5.97. The SMILES string of the molecule is CCCCNC(=O)/C(C#N)=C/c1ccc(OC(=O)c2ccc(OC)cc2)cc1. The van der Waals surface area contributed by atoms with Crippen molar-refractivity contribution in [1.82, 2.24) is 5.32 Å². The lowest BCUT2D eigenvalue weighted by Gasteiger charge is -2.06. The molecule has 0 atom stereocenters. The van der Waals surface area contributed by atoms with Crippen molar-refractivity contribution < 1.29 is 19.1 Å². The number of rotatable bonds is 8. The molecule has 0 spiro atoms. The summed E-state index contributed by atoms with van der Waals surface area (Å²) in [5, 5.41) is 11.9. The van der Waals surface area contributed by atoms with E-state index in [4.69, 9.17) is 9.47 Å². The van der Waals surface area contributed by atoms with E-state index in [1.807, 2.05) is 13.0 Å². The maximum Gasteiger partial charge on any atom is 0.343 e. The molecule has 1 N–H and O–H groups in total. The van der Waals surface area contributed by atoms with Crippen LogP contribution < -0.4 is 14.8 Å². The summed E-state index contributed by atoms with van der Waals surface area (Å²) in [5.74, 6) is 0.133. The third-order valence-electron chi connectivity index (χ3n) is 3.91. The van der Waals surface area contributed by atoms with E-state index < -0.39 is 11.9 Å². The Morgan fingerprint density at radius 3 is 2.29 bits per heavy atom. The molecule has 0 saturated heterocycles. The highest BCUT2D eigenvalue weighted by atomic mass is 16.5. The van der Waals surface area contributed by atoms with Crippen LogP contribution in [-0.2, 0) is 4.79 Å². The van der Waals surface area contributed by atoms with Crippen LogP contribution in [0.1, 0.15) is 35.7 Å². The van der Waals surface area contributed by atoms with Crippen molar-refractivity contribution in [2.45, 2.75) is 19.8 Å². The summed E-state index contributed by atoms with van der Waals surface area (Å²) in [7, 11) is 1.55. The third-order valence-corrected chi connectivity index (χ3v) is 3.91. The third kappa shape index (κ3) is 5.99. The van der Waals surface area contributed by atoms with E-state index >= 15 is 0 Å². The van der Waals surface area contributed by atoms with Gasteiger partial charge in [-0.05, 0) is 54.5 Å². The molecule has 6 heteroatoms. The van der Waals surface area contributed by atoms with Gasteiger partial charge in [-0.15, -0.1) is 0 Å². The number of nitrogens with one attached hydrogen (secondary N) is 1. The van der Waals surface area contributed by atoms with Crippen LogP contribution in [0.25, 0.3) is 6.08 Å². The normalized spacial score (nSPS) is 10.7. The monoisotopic (exact) mass is 378 g/mol. The summed E-state index contributed by atoms with van der Waals surface area (Å²) >= 11 is 0. The van der Waals surface area contributed by atoms with Crippen LogP contribution in [0, 0.1) is 11.3 Å². The first-order valence-electron chi connectivity index (χ1n) is 8.93. The van der Waals surface area contributed by atoms with E-state index in [0.29, 0.717) is 29.2 Å². The minimum Gasteiger partial charge on any atom is -0.497 e. The van der Waals surface area contributed by atoms with Gasteiger partial charge in [-0.25, -0.2) is 4.79 Å². The van der Waals surface area contributed by atoms with Crippen LogP contribution in [0.15, 0.2) is 54.1 Å². The summed E-state index contributed by atoms with van der Waals surface area (Å²) in [4.78, 5) is 24.2. The molecule has 0 fully saturated rings. The zero-order valence-corrected chi connectivity index (χ0v) is 15.9. The average Bonchev–Trinajstić information content (AvgIpc) is 2.73. The molecule has 2 aromatic carbocycles. The molecule has 1 amide bonds. The van der Waals surface area contributed by atoms with Crippen molar-refractivity contribution in [3.8, 4) is 17.6 Å². The number of amides is 1. The topological polar surface area (TPSA) is 88.4 Å². The molecule has 6 nitrogen and oxygen atoms in total. The molecule has 0 aromatic heterocycles. The van der Waals surface area contributed by atoms with Crippen molar-refractivity contribution in [3.63, 3.8) is 0 Å². The minimum atomic E-state index is -0.487. The lowest BCUT2D eigenvalue weighted by molar-refractivity contribution is -0.117. The van der Waals surface area contributed by atoms with Gasteiger partial charge in [0, 0.05) is 6.54 Å². The van der Waals surface area contributed by atoms with Gasteiger partial charge in [0.1, 0.15) is 23.1 Å². The van der Waals surface area contributed by atoms with Gasteiger partial charge >= 0.3 is 5.97 Å². The van der Waals surface area contributed by atoms with E-state index in [9.17, 15) is 14.9 Å². The van der Waals surface area contributed by atoms with Gasteiger partial charge in [0.05, 0.1) is 12.7 Å². The first kappa shape index (κ1) is 20.7. The number of carbonyl (C=O) groups is 2. The highest BCUT2D eigenvalue weighted by Gasteiger charge is 2.10. The van der Waals surface area contributed by atoms with Gasteiger partial charge in [0.25, 0.3) is 5.91 Å². The molecule has 0 aliphatic carbocycles. The van der Waals surface area contributed by atoms with Crippen LogP contribution >= 0.6 is 0 Å². The minimum absolute atomic E-state index is 0.0269. The molecular weight excluding hydrogens is 356 g/mol. The summed E-state index contributed by atoms with van der Waals surface area (Å²) < 4.78 is 10.4. The number of nitrogens with zero attached hydrogens (tertiary/aromatic N) is 1. The number of hydrogen-bond acceptors (Lipinski definition) is 5. The predicted molar refractivity (Wildman–Crippen MR) is 106 cm³/mol. The first-order valence-corrected chi connectivity index (χ1v) is 8.93. The van der Waals surface area contributed by atoms with Gasteiger partial charge in [-0.2, -0.15) is 5.26 Å². The number of esters is 1.